The summed E-state index contributed by atoms with van der Waals surface area (Å²) in [7, 11) is 1.18. The zero-order valence-corrected chi connectivity index (χ0v) is 19.3. The van der Waals surface area contributed by atoms with Crippen LogP contribution in [0.1, 0.15) is 56.7 Å². The van der Waals surface area contributed by atoms with Crippen LogP contribution in [0.2, 0.25) is 5.02 Å². The quantitative estimate of drug-likeness (QED) is 0.537. The molecule has 2 heterocycles. The van der Waals surface area contributed by atoms with Crippen molar-refractivity contribution in [1.29, 1.82) is 0 Å². The Hall–Kier alpha value is -2.60. The van der Waals surface area contributed by atoms with Gasteiger partial charge in [-0.05, 0) is 25.8 Å². The first kappa shape index (κ1) is 25.7. The topological polar surface area (TPSA) is 99.5 Å². The van der Waals surface area contributed by atoms with Gasteiger partial charge < -0.3 is 14.8 Å². The Morgan fingerprint density at radius 2 is 1.88 bits per heavy atom. The van der Waals surface area contributed by atoms with Crippen LogP contribution in [0.5, 0.6) is 0 Å². The highest BCUT2D eigenvalue weighted by Gasteiger charge is 2.38. The van der Waals surface area contributed by atoms with Crippen molar-refractivity contribution in [1.82, 2.24) is 9.78 Å². The van der Waals surface area contributed by atoms with Gasteiger partial charge in [-0.25, -0.2) is 9.59 Å². The third-order valence-corrected chi connectivity index (χ3v) is 6.00. The molecule has 1 N–H and O–H groups in total. The molecule has 2 aromatic rings. The highest BCUT2D eigenvalue weighted by Crippen LogP contribution is 2.36. The number of ether oxygens (including phenoxy) is 2. The molecule has 0 aliphatic heterocycles. The van der Waals surface area contributed by atoms with Crippen molar-refractivity contribution in [2.24, 2.45) is 0 Å². The number of alkyl halides is 3. The van der Waals surface area contributed by atoms with E-state index in [1.807, 2.05) is 6.92 Å². The number of rotatable bonds is 8. The summed E-state index contributed by atoms with van der Waals surface area (Å²) in [5.74, 6) is -2.00. The van der Waals surface area contributed by atoms with Crippen LogP contribution in [0.25, 0.3) is 0 Å². The van der Waals surface area contributed by atoms with Gasteiger partial charge in [-0.3, -0.25) is 9.48 Å². The number of anilines is 1. The zero-order valence-electron chi connectivity index (χ0n) is 17.7. The fraction of sp³-hybridized carbons (Fsp3) is 0.474. The van der Waals surface area contributed by atoms with Crippen LogP contribution in [0.15, 0.2) is 0 Å². The smallest absolute Gasteiger partial charge is 0.436 e. The number of hydrogen-bond acceptors (Lipinski definition) is 7. The lowest BCUT2D eigenvalue weighted by molar-refractivity contribution is -0.141. The molecule has 0 saturated carbocycles. The Balaban J connectivity index is 2.22. The van der Waals surface area contributed by atoms with E-state index in [0.29, 0.717) is 12.0 Å². The van der Waals surface area contributed by atoms with E-state index in [9.17, 15) is 27.6 Å². The third kappa shape index (κ3) is 5.60. The minimum absolute atomic E-state index is 0.0230. The molecule has 8 nitrogen and oxygen atoms in total. The summed E-state index contributed by atoms with van der Waals surface area (Å²) < 4.78 is 49.7. The average Bonchev–Trinajstić information content (AvgIpc) is 3.20. The van der Waals surface area contributed by atoms with Crippen molar-refractivity contribution >= 4 is 45.8 Å². The van der Waals surface area contributed by atoms with Gasteiger partial charge in [0.25, 0.3) is 0 Å². The molecule has 0 radical (unpaired) electrons. The van der Waals surface area contributed by atoms with Gasteiger partial charge in [0.05, 0.1) is 36.5 Å². The number of methoxy groups -OCH3 is 1. The van der Waals surface area contributed by atoms with Gasteiger partial charge >= 0.3 is 18.1 Å². The second kappa shape index (κ2) is 10.3. The molecule has 1 amide bonds. The molecule has 2 aromatic heterocycles. The van der Waals surface area contributed by atoms with E-state index in [1.165, 1.54) is 21.0 Å². The van der Waals surface area contributed by atoms with E-state index in [0.717, 1.165) is 16.0 Å². The normalized spacial score (nSPS) is 11.4. The van der Waals surface area contributed by atoms with E-state index in [2.05, 4.69) is 10.4 Å². The maximum atomic E-state index is 13.0. The van der Waals surface area contributed by atoms with Crippen LogP contribution in [0, 0.1) is 13.8 Å². The minimum atomic E-state index is -4.72. The lowest BCUT2D eigenvalue weighted by Gasteiger charge is -2.08. The number of hydrogen-bond donors (Lipinski definition) is 1. The number of carbonyl (C=O) groups is 3. The van der Waals surface area contributed by atoms with E-state index >= 15 is 0 Å². The monoisotopic (exact) mass is 495 g/mol. The van der Waals surface area contributed by atoms with Crippen molar-refractivity contribution in [2.75, 3.05) is 19.0 Å². The number of amides is 1. The van der Waals surface area contributed by atoms with Gasteiger partial charge in [-0.15, -0.1) is 11.3 Å². The van der Waals surface area contributed by atoms with E-state index < -0.39 is 34.7 Å². The summed E-state index contributed by atoms with van der Waals surface area (Å²) in [4.78, 5) is 37.0. The van der Waals surface area contributed by atoms with Crippen molar-refractivity contribution in [3.8, 4) is 0 Å². The van der Waals surface area contributed by atoms with Gasteiger partial charge in [0.1, 0.15) is 9.88 Å². The fourth-order valence-electron chi connectivity index (χ4n) is 2.72. The van der Waals surface area contributed by atoms with Gasteiger partial charge in [-0.1, -0.05) is 18.5 Å². The lowest BCUT2D eigenvalue weighted by Crippen LogP contribution is -2.17. The molecule has 2 rings (SSSR count). The molecular formula is C19H21ClF3N3O5S. The first-order valence-corrected chi connectivity index (χ1v) is 10.6. The van der Waals surface area contributed by atoms with Crippen LogP contribution in [0.4, 0.5) is 18.2 Å². The average molecular weight is 496 g/mol. The molecule has 0 aromatic carbocycles. The first-order chi connectivity index (χ1) is 14.9. The maximum absolute atomic E-state index is 13.0. The van der Waals surface area contributed by atoms with Crippen LogP contribution in [-0.4, -0.2) is 41.3 Å². The molecule has 0 fully saturated rings. The largest absolute Gasteiger partial charge is 0.465 e. The molecule has 32 heavy (non-hydrogen) atoms. The zero-order chi connectivity index (χ0) is 24.2. The SMILES string of the molecule is CCCOC(=O)c1c(NC(=O)CCn2nc(C(F)(F)F)c(Cl)c2C)sc(C(=O)OC)c1C. The summed E-state index contributed by atoms with van der Waals surface area (Å²) in [5.41, 5.74) is -0.845. The fourth-order valence-corrected chi connectivity index (χ4v) is 4.09. The third-order valence-electron chi connectivity index (χ3n) is 4.36. The molecule has 176 valence electrons. The van der Waals surface area contributed by atoms with Crippen molar-refractivity contribution in [3.05, 3.63) is 32.4 Å². The number of nitrogens with one attached hydrogen (secondary N) is 1. The van der Waals surface area contributed by atoms with E-state index in [-0.39, 0.29) is 40.7 Å². The number of nitrogens with zero attached hydrogens (tertiary/aromatic N) is 2. The minimum Gasteiger partial charge on any atom is -0.465 e. The number of esters is 2. The highest BCUT2D eigenvalue weighted by molar-refractivity contribution is 7.18. The van der Waals surface area contributed by atoms with Crippen LogP contribution >= 0.6 is 22.9 Å². The molecule has 0 unspecified atom stereocenters. The second-order valence-corrected chi connectivity index (χ2v) is 8.05. The molecular weight excluding hydrogens is 475 g/mol. The second-order valence-electron chi connectivity index (χ2n) is 6.65. The Bertz CT molecular complexity index is 1030. The maximum Gasteiger partial charge on any atom is 0.436 e. The summed E-state index contributed by atoms with van der Waals surface area (Å²) in [6, 6.07) is 0. The number of halogens is 4. The standard InChI is InChI=1S/C19H21ClF3N3O5S/c1-5-8-31-17(28)12-9(2)14(18(29)30-4)32-16(12)24-11(27)6-7-26-10(3)13(20)15(25-26)19(21,22)23/h5-8H2,1-4H3,(H,24,27). The molecule has 0 aliphatic carbocycles. The molecule has 0 bridgehead atoms. The summed E-state index contributed by atoms with van der Waals surface area (Å²) >= 11 is 6.55. The molecule has 0 saturated heterocycles. The first-order valence-electron chi connectivity index (χ1n) is 9.41. The molecule has 0 spiro atoms. The van der Waals surface area contributed by atoms with Crippen molar-refractivity contribution < 1.29 is 37.0 Å². The highest BCUT2D eigenvalue weighted by atomic mass is 35.5. The Morgan fingerprint density at radius 1 is 1.22 bits per heavy atom. The summed E-state index contributed by atoms with van der Waals surface area (Å²) in [5, 5.41) is 5.51. The predicted octanol–water partition coefficient (Wildman–Crippen LogP) is 4.62. The van der Waals surface area contributed by atoms with E-state index in [4.69, 9.17) is 21.1 Å². The number of aryl methyl sites for hydroxylation is 1. The number of thiophene rings is 1. The van der Waals surface area contributed by atoms with Gasteiger partial charge in [0.2, 0.25) is 5.91 Å². The Labute approximate surface area is 190 Å². The Morgan fingerprint density at radius 3 is 2.41 bits per heavy atom. The summed E-state index contributed by atoms with van der Waals surface area (Å²) in [6.07, 6.45) is -4.40. The summed E-state index contributed by atoms with van der Waals surface area (Å²) in [6.45, 7) is 4.65. The molecule has 13 heteroatoms. The number of carbonyl (C=O) groups excluding carboxylic acids is 3. The lowest BCUT2D eigenvalue weighted by atomic mass is 10.1. The molecule has 0 aliphatic rings. The predicted molar refractivity (Wildman–Crippen MR) is 111 cm³/mol. The van der Waals surface area contributed by atoms with Crippen LogP contribution in [0.3, 0.4) is 0 Å². The Kier molecular flexibility index (Phi) is 8.29. The van der Waals surface area contributed by atoms with Crippen molar-refractivity contribution in [3.63, 3.8) is 0 Å². The molecule has 0 atom stereocenters. The van der Waals surface area contributed by atoms with Crippen LogP contribution in [-0.2, 0) is 27.0 Å². The number of aromatic nitrogens is 2. The van der Waals surface area contributed by atoms with Gasteiger partial charge in [0.15, 0.2) is 5.69 Å². The van der Waals surface area contributed by atoms with Gasteiger partial charge in [-0.2, -0.15) is 18.3 Å². The van der Waals surface area contributed by atoms with Crippen LogP contribution < -0.4 is 5.32 Å². The van der Waals surface area contributed by atoms with Gasteiger partial charge in [0, 0.05) is 6.42 Å². The van der Waals surface area contributed by atoms with E-state index in [1.54, 1.807) is 0 Å². The van der Waals surface area contributed by atoms with Crippen molar-refractivity contribution in [2.45, 2.75) is 46.3 Å².